The molecule has 0 spiro atoms. The number of nitrogens with zero attached hydrogens (tertiary/aromatic N) is 2. The molecule has 5 nitrogen and oxygen atoms in total. The molecule has 15 heavy (non-hydrogen) atoms. The fraction of sp³-hybridized carbons (Fsp3) is 0.200. The van der Waals surface area contributed by atoms with Crippen molar-refractivity contribution in [3.05, 3.63) is 46.1 Å². The second-order valence-corrected chi connectivity index (χ2v) is 3.36. The monoisotopic (exact) mass is 204 g/mol. The summed E-state index contributed by atoms with van der Waals surface area (Å²) >= 11 is 0. The third kappa shape index (κ3) is 1.69. The molecule has 3 N–H and O–H groups in total. The third-order valence-electron chi connectivity index (χ3n) is 2.32. The van der Waals surface area contributed by atoms with Crippen molar-refractivity contribution in [2.75, 3.05) is 0 Å². The molecule has 0 saturated heterocycles. The first-order valence-electron chi connectivity index (χ1n) is 4.64. The number of hydrogen-bond acceptors (Lipinski definition) is 3. The molecular formula is C10H12N4O. The van der Waals surface area contributed by atoms with Crippen LogP contribution in [-0.2, 0) is 6.54 Å². The zero-order chi connectivity index (χ0) is 10.8. The highest BCUT2D eigenvalue weighted by atomic mass is 16.1. The number of rotatable bonds is 2. The highest BCUT2D eigenvalue weighted by Crippen LogP contribution is 2.13. The Balaban J connectivity index is 2.62. The van der Waals surface area contributed by atoms with E-state index in [0.717, 1.165) is 16.8 Å². The maximum atomic E-state index is 11.4. The molecule has 0 aliphatic carbocycles. The quantitative estimate of drug-likeness (QED) is 0.740. The number of benzene rings is 1. The number of hydrogen-bond donors (Lipinski definition) is 2. The predicted molar refractivity (Wildman–Crippen MR) is 56.8 cm³/mol. The third-order valence-corrected chi connectivity index (χ3v) is 2.32. The van der Waals surface area contributed by atoms with Gasteiger partial charge in [-0.25, -0.2) is 14.5 Å². The van der Waals surface area contributed by atoms with E-state index in [9.17, 15) is 4.79 Å². The lowest BCUT2D eigenvalue weighted by atomic mass is 10.1. The first-order chi connectivity index (χ1) is 7.22. The number of H-pyrrole nitrogens is 1. The van der Waals surface area contributed by atoms with Gasteiger partial charge in [-0.3, -0.25) is 0 Å². The van der Waals surface area contributed by atoms with Crippen molar-refractivity contribution in [3.8, 4) is 5.69 Å². The largest absolute Gasteiger partial charge is 0.347 e. The molecule has 1 heterocycles. The van der Waals surface area contributed by atoms with Crippen LogP contribution in [0.25, 0.3) is 5.69 Å². The molecule has 0 bridgehead atoms. The second-order valence-electron chi connectivity index (χ2n) is 3.36. The van der Waals surface area contributed by atoms with Gasteiger partial charge in [0.1, 0.15) is 6.33 Å². The lowest BCUT2D eigenvalue weighted by molar-refractivity contribution is 0.961. The van der Waals surface area contributed by atoms with Crippen LogP contribution in [0.5, 0.6) is 0 Å². The Kier molecular flexibility index (Phi) is 2.39. The molecule has 2 aromatic rings. The molecule has 0 aliphatic heterocycles. The second kappa shape index (κ2) is 3.70. The van der Waals surface area contributed by atoms with E-state index in [1.54, 1.807) is 0 Å². The molecule has 0 saturated carbocycles. The van der Waals surface area contributed by atoms with Crippen molar-refractivity contribution in [1.82, 2.24) is 14.8 Å². The molecule has 0 aliphatic rings. The van der Waals surface area contributed by atoms with E-state index in [4.69, 9.17) is 5.73 Å². The van der Waals surface area contributed by atoms with Crippen LogP contribution in [0.3, 0.4) is 0 Å². The highest BCUT2D eigenvalue weighted by Gasteiger charge is 2.05. The molecule has 5 heteroatoms. The summed E-state index contributed by atoms with van der Waals surface area (Å²) in [6.45, 7) is 2.40. The van der Waals surface area contributed by atoms with Crippen LogP contribution in [0, 0.1) is 6.92 Å². The van der Waals surface area contributed by atoms with Crippen molar-refractivity contribution in [1.29, 1.82) is 0 Å². The minimum atomic E-state index is -0.243. The van der Waals surface area contributed by atoms with Gasteiger partial charge in [-0.1, -0.05) is 12.1 Å². The van der Waals surface area contributed by atoms with E-state index in [2.05, 4.69) is 10.2 Å². The summed E-state index contributed by atoms with van der Waals surface area (Å²) < 4.78 is 1.47. The predicted octanol–water partition coefficient (Wildman–Crippen LogP) is 0.328. The molecule has 1 aromatic carbocycles. The molecule has 0 fully saturated rings. The molecule has 78 valence electrons. The van der Waals surface area contributed by atoms with Gasteiger partial charge >= 0.3 is 5.69 Å². The van der Waals surface area contributed by atoms with Crippen LogP contribution in [-0.4, -0.2) is 14.8 Å². The number of aryl methyl sites for hydroxylation is 1. The molecule has 0 atom stereocenters. The molecule has 0 unspecified atom stereocenters. The summed E-state index contributed by atoms with van der Waals surface area (Å²) in [6, 6.07) is 5.78. The van der Waals surface area contributed by atoms with Crippen LogP contribution in [0.2, 0.25) is 0 Å². The first-order valence-corrected chi connectivity index (χ1v) is 4.64. The summed E-state index contributed by atoms with van der Waals surface area (Å²) in [5, 5.41) is 6.05. The first kappa shape index (κ1) is 9.67. The van der Waals surface area contributed by atoms with E-state index in [-0.39, 0.29) is 5.69 Å². The zero-order valence-electron chi connectivity index (χ0n) is 8.40. The lowest BCUT2D eigenvalue weighted by Gasteiger charge is -2.06. The van der Waals surface area contributed by atoms with E-state index < -0.39 is 0 Å². The summed E-state index contributed by atoms with van der Waals surface area (Å²) in [5.41, 5.74) is 8.12. The smallest absolute Gasteiger partial charge is 0.326 e. The molecule has 0 amide bonds. The Bertz CT molecular complexity index is 526. The van der Waals surface area contributed by atoms with Crippen LogP contribution in [0.15, 0.2) is 29.3 Å². The summed E-state index contributed by atoms with van der Waals surface area (Å²) in [6.07, 6.45) is 1.46. The van der Waals surface area contributed by atoms with Gasteiger partial charge < -0.3 is 5.73 Å². The minimum Gasteiger partial charge on any atom is -0.326 e. The van der Waals surface area contributed by atoms with Gasteiger partial charge in [-0.2, -0.15) is 5.10 Å². The number of aromatic nitrogens is 3. The summed E-state index contributed by atoms with van der Waals surface area (Å²) in [7, 11) is 0. The van der Waals surface area contributed by atoms with Gasteiger partial charge in [-0.05, 0) is 24.1 Å². The SMILES string of the molecule is Cc1ccc(CN)cc1-n1cn[nH]c1=O. The minimum absolute atomic E-state index is 0.243. The van der Waals surface area contributed by atoms with Gasteiger partial charge in [0, 0.05) is 6.54 Å². The topological polar surface area (TPSA) is 76.7 Å². The molecule has 0 radical (unpaired) electrons. The maximum absolute atomic E-state index is 11.4. The van der Waals surface area contributed by atoms with Crippen LogP contribution in [0.4, 0.5) is 0 Å². The average Bonchev–Trinajstić information content (AvgIpc) is 2.65. The normalized spacial score (nSPS) is 10.5. The van der Waals surface area contributed by atoms with Gasteiger partial charge in [0.05, 0.1) is 5.69 Å². The van der Waals surface area contributed by atoms with E-state index >= 15 is 0 Å². The van der Waals surface area contributed by atoms with Gasteiger partial charge in [-0.15, -0.1) is 0 Å². The molecule has 2 rings (SSSR count). The Morgan fingerprint density at radius 1 is 1.53 bits per heavy atom. The Morgan fingerprint density at radius 2 is 2.33 bits per heavy atom. The summed E-state index contributed by atoms with van der Waals surface area (Å²) in [4.78, 5) is 11.4. The van der Waals surface area contributed by atoms with Crippen molar-refractivity contribution in [2.24, 2.45) is 5.73 Å². The summed E-state index contributed by atoms with van der Waals surface area (Å²) in [5.74, 6) is 0. The molecule has 1 aromatic heterocycles. The van der Waals surface area contributed by atoms with E-state index in [0.29, 0.717) is 6.54 Å². The van der Waals surface area contributed by atoms with Crippen molar-refractivity contribution < 1.29 is 0 Å². The van der Waals surface area contributed by atoms with Crippen LogP contribution >= 0.6 is 0 Å². The van der Waals surface area contributed by atoms with Gasteiger partial charge in [0.15, 0.2) is 0 Å². The highest BCUT2D eigenvalue weighted by molar-refractivity contribution is 5.42. The Labute approximate surface area is 86.5 Å². The Hall–Kier alpha value is -1.88. The fourth-order valence-electron chi connectivity index (χ4n) is 1.46. The fourth-order valence-corrected chi connectivity index (χ4v) is 1.46. The molecular weight excluding hydrogens is 192 g/mol. The van der Waals surface area contributed by atoms with E-state index in [1.165, 1.54) is 10.9 Å². The maximum Gasteiger partial charge on any atom is 0.347 e. The average molecular weight is 204 g/mol. The van der Waals surface area contributed by atoms with Crippen molar-refractivity contribution >= 4 is 0 Å². The number of nitrogens with two attached hydrogens (primary N) is 1. The van der Waals surface area contributed by atoms with Crippen LogP contribution in [0.1, 0.15) is 11.1 Å². The number of nitrogens with one attached hydrogen (secondary N) is 1. The van der Waals surface area contributed by atoms with E-state index in [1.807, 2.05) is 25.1 Å². The van der Waals surface area contributed by atoms with Gasteiger partial charge in [0.25, 0.3) is 0 Å². The lowest BCUT2D eigenvalue weighted by Crippen LogP contribution is -2.15. The number of aromatic amines is 1. The van der Waals surface area contributed by atoms with Crippen molar-refractivity contribution in [3.63, 3.8) is 0 Å². The van der Waals surface area contributed by atoms with Crippen molar-refractivity contribution in [2.45, 2.75) is 13.5 Å². The Morgan fingerprint density at radius 3 is 2.93 bits per heavy atom. The van der Waals surface area contributed by atoms with Crippen LogP contribution < -0.4 is 11.4 Å². The van der Waals surface area contributed by atoms with Gasteiger partial charge in [0.2, 0.25) is 0 Å². The zero-order valence-corrected chi connectivity index (χ0v) is 8.40. The standard InChI is InChI=1S/C10H12N4O/c1-7-2-3-8(5-11)4-9(7)14-6-12-13-10(14)15/h2-4,6H,5,11H2,1H3,(H,13,15).